The van der Waals surface area contributed by atoms with Crippen molar-refractivity contribution in [3.63, 3.8) is 0 Å². The molecule has 1 N–H and O–H groups in total. The fraction of sp³-hybridized carbons (Fsp3) is 0.294. The number of carbonyl (C=O) groups excluding carboxylic acids is 1. The number of carbonyl (C=O) groups is 1. The lowest BCUT2D eigenvalue weighted by atomic mass is 10.1. The fourth-order valence-corrected chi connectivity index (χ4v) is 1.91. The quantitative estimate of drug-likeness (QED) is 0.887. The number of pyridine rings is 1. The molecule has 4 heteroatoms. The van der Waals surface area contributed by atoms with Gasteiger partial charge in [-0.05, 0) is 48.7 Å². The summed E-state index contributed by atoms with van der Waals surface area (Å²) in [4.78, 5) is 15.7. The lowest BCUT2D eigenvalue weighted by molar-refractivity contribution is -0.121. The fourth-order valence-electron chi connectivity index (χ4n) is 1.91. The van der Waals surface area contributed by atoms with E-state index in [1.807, 2.05) is 44.2 Å². The average molecular weight is 284 g/mol. The van der Waals surface area contributed by atoms with E-state index in [-0.39, 0.29) is 5.91 Å². The van der Waals surface area contributed by atoms with Crippen LogP contribution >= 0.6 is 0 Å². The van der Waals surface area contributed by atoms with Crippen LogP contribution in [0.2, 0.25) is 0 Å². The molecule has 1 aromatic heterocycles. The summed E-state index contributed by atoms with van der Waals surface area (Å²) in [5.74, 6) is 0.828. The highest BCUT2D eigenvalue weighted by Gasteiger charge is 2.04. The highest BCUT2D eigenvalue weighted by atomic mass is 16.5. The van der Waals surface area contributed by atoms with Crippen LogP contribution in [0.15, 0.2) is 42.7 Å². The maximum Gasteiger partial charge on any atom is 0.223 e. The van der Waals surface area contributed by atoms with E-state index in [2.05, 4.69) is 10.3 Å². The third kappa shape index (κ3) is 4.91. The first-order chi connectivity index (χ1) is 10.1. The zero-order valence-corrected chi connectivity index (χ0v) is 12.4. The van der Waals surface area contributed by atoms with Gasteiger partial charge in [0.1, 0.15) is 5.75 Å². The van der Waals surface area contributed by atoms with Gasteiger partial charge in [0.25, 0.3) is 0 Å². The maximum absolute atomic E-state index is 11.8. The van der Waals surface area contributed by atoms with Crippen molar-refractivity contribution in [2.75, 3.05) is 6.61 Å². The Hall–Kier alpha value is -2.36. The van der Waals surface area contributed by atoms with Crippen LogP contribution < -0.4 is 10.1 Å². The summed E-state index contributed by atoms with van der Waals surface area (Å²) >= 11 is 0. The summed E-state index contributed by atoms with van der Waals surface area (Å²) in [6.07, 6.45) is 3.77. The van der Waals surface area contributed by atoms with E-state index in [9.17, 15) is 4.79 Å². The minimum atomic E-state index is -0.0166. The van der Waals surface area contributed by atoms with Gasteiger partial charge in [0, 0.05) is 18.9 Å². The Morgan fingerprint density at radius 1 is 1.19 bits per heavy atom. The van der Waals surface area contributed by atoms with E-state index in [1.54, 1.807) is 12.4 Å². The topological polar surface area (TPSA) is 51.2 Å². The van der Waals surface area contributed by atoms with Gasteiger partial charge in [0.15, 0.2) is 0 Å². The van der Waals surface area contributed by atoms with Crippen molar-refractivity contribution >= 4 is 5.91 Å². The van der Waals surface area contributed by atoms with Crippen molar-refractivity contribution in [2.45, 2.75) is 26.8 Å². The number of hydrogen-bond donors (Lipinski definition) is 1. The van der Waals surface area contributed by atoms with Crippen LogP contribution in [0.3, 0.4) is 0 Å². The zero-order chi connectivity index (χ0) is 15.1. The number of rotatable bonds is 6. The van der Waals surface area contributed by atoms with Gasteiger partial charge in [0.05, 0.1) is 13.0 Å². The van der Waals surface area contributed by atoms with Gasteiger partial charge in [-0.3, -0.25) is 9.78 Å². The monoisotopic (exact) mass is 284 g/mol. The molecule has 0 unspecified atom stereocenters. The highest BCUT2D eigenvalue weighted by molar-refractivity contribution is 5.75. The lowest BCUT2D eigenvalue weighted by Gasteiger charge is -2.10. The molecule has 0 bridgehead atoms. The van der Waals surface area contributed by atoms with Crippen LogP contribution in [0.4, 0.5) is 0 Å². The second-order valence-corrected chi connectivity index (χ2v) is 5.00. The SMILES string of the molecule is Cc1ccc(C)c(OCCC(=O)NCc2ccncc2)c1. The Morgan fingerprint density at radius 2 is 1.95 bits per heavy atom. The van der Waals surface area contributed by atoms with Gasteiger partial charge in [-0.1, -0.05) is 12.1 Å². The largest absolute Gasteiger partial charge is 0.493 e. The number of amides is 1. The number of ether oxygens (including phenoxy) is 1. The summed E-state index contributed by atoms with van der Waals surface area (Å²) in [6.45, 7) is 4.92. The number of nitrogens with one attached hydrogen (secondary N) is 1. The number of benzene rings is 1. The van der Waals surface area contributed by atoms with E-state index >= 15 is 0 Å². The van der Waals surface area contributed by atoms with Crippen molar-refractivity contribution in [3.8, 4) is 5.75 Å². The number of aryl methyl sites for hydroxylation is 2. The molecule has 0 spiro atoms. The normalized spacial score (nSPS) is 10.2. The molecule has 0 aliphatic carbocycles. The predicted octanol–water partition coefficient (Wildman–Crippen LogP) is 2.78. The molecule has 2 rings (SSSR count). The molecule has 0 saturated heterocycles. The molecule has 2 aromatic rings. The van der Waals surface area contributed by atoms with E-state index in [0.717, 1.165) is 22.4 Å². The molecule has 0 fully saturated rings. The summed E-state index contributed by atoms with van der Waals surface area (Å²) in [7, 11) is 0. The molecule has 110 valence electrons. The van der Waals surface area contributed by atoms with E-state index < -0.39 is 0 Å². The van der Waals surface area contributed by atoms with Crippen molar-refractivity contribution < 1.29 is 9.53 Å². The molecule has 1 amide bonds. The number of aromatic nitrogens is 1. The first-order valence-electron chi connectivity index (χ1n) is 7.01. The van der Waals surface area contributed by atoms with Gasteiger partial charge in [-0.25, -0.2) is 0 Å². The molecule has 0 atom stereocenters. The Labute approximate surface area is 125 Å². The second-order valence-electron chi connectivity index (χ2n) is 5.00. The number of nitrogens with zero attached hydrogens (tertiary/aromatic N) is 1. The minimum Gasteiger partial charge on any atom is -0.493 e. The van der Waals surface area contributed by atoms with E-state index in [1.165, 1.54) is 0 Å². The first kappa shape index (κ1) is 15.0. The molecule has 0 saturated carbocycles. The number of hydrogen-bond acceptors (Lipinski definition) is 3. The molecule has 1 aromatic carbocycles. The maximum atomic E-state index is 11.8. The van der Waals surface area contributed by atoms with Gasteiger partial charge < -0.3 is 10.1 Å². The summed E-state index contributed by atoms with van der Waals surface area (Å²) in [5, 5.41) is 2.86. The molecule has 1 heterocycles. The molecule has 0 aliphatic heterocycles. The van der Waals surface area contributed by atoms with Crippen LogP contribution in [-0.4, -0.2) is 17.5 Å². The van der Waals surface area contributed by atoms with E-state index in [0.29, 0.717) is 19.6 Å². The van der Waals surface area contributed by atoms with Crippen molar-refractivity contribution in [3.05, 3.63) is 59.4 Å². The molecule has 0 aliphatic rings. The van der Waals surface area contributed by atoms with Crippen LogP contribution in [0, 0.1) is 13.8 Å². The Morgan fingerprint density at radius 3 is 2.71 bits per heavy atom. The van der Waals surface area contributed by atoms with Crippen LogP contribution in [0.25, 0.3) is 0 Å². The molecule has 0 radical (unpaired) electrons. The van der Waals surface area contributed by atoms with Crippen LogP contribution in [0.1, 0.15) is 23.1 Å². The van der Waals surface area contributed by atoms with Crippen molar-refractivity contribution in [2.24, 2.45) is 0 Å². The standard InChI is InChI=1S/C17H20N2O2/c1-13-3-4-14(2)16(11-13)21-10-7-17(20)19-12-15-5-8-18-9-6-15/h3-6,8-9,11H,7,10,12H2,1-2H3,(H,19,20). The highest BCUT2D eigenvalue weighted by Crippen LogP contribution is 2.19. The Kier molecular flexibility index (Phi) is 5.32. The lowest BCUT2D eigenvalue weighted by Crippen LogP contribution is -2.24. The van der Waals surface area contributed by atoms with Crippen LogP contribution in [0.5, 0.6) is 5.75 Å². The molecular formula is C17H20N2O2. The summed E-state index contributed by atoms with van der Waals surface area (Å²) < 4.78 is 5.67. The smallest absolute Gasteiger partial charge is 0.223 e. The average Bonchev–Trinajstić information content (AvgIpc) is 2.50. The van der Waals surface area contributed by atoms with Gasteiger partial charge >= 0.3 is 0 Å². The van der Waals surface area contributed by atoms with Gasteiger partial charge in [-0.2, -0.15) is 0 Å². The Bertz CT molecular complexity index is 597. The summed E-state index contributed by atoms with van der Waals surface area (Å²) in [6, 6.07) is 9.82. The third-order valence-corrected chi connectivity index (χ3v) is 3.17. The van der Waals surface area contributed by atoms with Crippen LogP contribution in [-0.2, 0) is 11.3 Å². The van der Waals surface area contributed by atoms with Crippen molar-refractivity contribution in [1.29, 1.82) is 0 Å². The van der Waals surface area contributed by atoms with Gasteiger partial charge in [-0.15, -0.1) is 0 Å². The molecule has 21 heavy (non-hydrogen) atoms. The first-order valence-corrected chi connectivity index (χ1v) is 7.01. The van der Waals surface area contributed by atoms with E-state index in [4.69, 9.17) is 4.74 Å². The third-order valence-electron chi connectivity index (χ3n) is 3.17. The van der Waals surface area contributed by atoms with Gasteiger partial charge in [0.2, 0.25) is 5.91 Å². The zero-order valence-electron chi connectivity index (χ0n) is 12.4. The molecule has 4 nitrogen and oxygen atoms in total. The second kappa shape index (κ2) is 7.43. The minimum absolute atomic E-state index is 0.0166. The molecular weight excluding hydrogens is 264 g/mol. The van der Waals surface area contributed by atoms with Crippen molar-refractivity contribution in [1.82, 2.24) is 10.3 Å². The Balaban J connectivity index is 1.73. The summed E-state index contributed by atoms with van der Waals surface area (Å²) in [5.41, 5.74) is 3.27. The predicted molar refractivity (Wildman–Crippen MR) is 82.1 cm³/mol.